The van der Waals surface area contributed by atoms with Crippen molar-refractivity contribution in [3.63, 3.8) is 0 Å². The number of methoxy groups -OCH3 is 1. The Balaban J connectivity index is 1.63. The van der Waals surface area contributed by atoms with Crippen molar-refractivity contribution in [1.82, 2.24) is 9.97 Å². The van der Waals surface area contributed by atoms with Gasteiger partial charge in [-0.05, 0) is 42.0 Å². The zero-order chi connectivity index (χ0) is 20.8. The molecule has 0 bridgehead atoms. The van der Waals surface area contributed by atoms with E-state index in [0.717, 1.165) is 17.3 Å². The molecule has 0 unspecified atom stereocenters. The van der Waals surface area contributed by atoms with Gasteiger partial charge >= 0.3 is 0 Å². The molecule has 0 atom stereocenters. The highest BCUT2D eigenvalue weighted by molar-refractivity contribution is 7.99. The second-order valence-corrected chi connectivity index (χ2v) is 7.01. The number of rotatable bonds is 7. The monoisotopic (exact) mass is 415 g/mol. The molecule has 0 radical (unpaired) electrons. The lowest BCUT2D eigenvalue weighted by Crippen LogP contribution is -2.17. The summed E-state index contributed by atoms with van der Waals surface area (Å²) in [5, 5.41) is 12.9. The van der Waals surface area contributed by atoms with Crippen LogP contribution >= 0.6 is 11.8 Å². The van der Waals surface area contributed by atoms with E-state index in [0.29, 0.717) is 11.4 Å². The Kier molecular flexibility index (Phi) is 6.50. The maximum atomic E-state index is 12.9. The minimum absolute atomic E-state index is 0.0441. The molecule has 0 aliphatic heterocycles. The lowest BCUT2D eigenvalue weighted by Gasteiger charge is -2.07. The number of nitrogens with one attached hydrogen (secondary N) is 2. The quantitative estimate of drug-likeness (QED) is 0.405. The molecule has 0 saturated carbocycles. The van der Waals surface area contributed by atoms with Crippen LogP contribution in [0.3, 0.4) is 0 Å². The molecular formula is C20H18FN3O4S. The Morgan fingerprint density at radius 1 is 1.21 bits per heavy atom. The van der Waals surface area contributed by atoms with Gasteiger partial charge in [0.05, 0.1) is 18.4 Å². The summed E-state index contributed by atoms with van der Waals surface area (Å²) < 4.78 is 18.0. The zero-order valence-corrected chi connectivity index (χ0v) is 16.3. The van der Waals surface area contributed by atoms with E-state index in [1.165, 1.54) is 24.3 Å². The molecule has 0 fully saturated rings. The van der Waals surface area contributed by atoms with Crippen LogP contribution in [-0.4, -0.2) is 33.8 Å². The van der Waals surface area contributed by atoms with Gasteiger partial charge in [0.2, 0.25) is 11.8 Å². The average Bonchev–Trinajstić information content (AvgIpc) is 2.71. The predicted molar refractivity (Wildman–Crippen MR) is 108 cm³/mol. The summed E-state index contributed by atoms with van der Waals surface area (Å²) >= 11 is 0.970. The Morgan fingerprint density at radius 3 is 2.52 bits per heavy atom. The number of amides is 1. The largest absolute Gasteiger partial charge is 0.497 e. The number of thioether (sulfide) groups is 1. The number of H-pyrrole nitrogens is 1. The van der Waals surface area contributed by atoms with Gasteiger partial charge in [-0.25, -0.2) is 4.39 Å². The molecule has 1 heterocycles. The van der Waals surface area contributed by atoms with E-state index in [9.17, 15) is 19.1 Å². The van der Waals surface area contributed by atoms with Crippen LogP contribution in [0, 0.1) is 5.82 Å². The minimum Gasteiger partial charge on any atom is -0.497 e. The topological polar surface area (TPSA) is 104 Å². The molecule has 1 aromatic heterocycles. The molecule has 0 spiro atoms. The number of carbonyl (C=O) groups is 1. The molecule has 3 rings (SSSR count). The number of nitrogens with zero attached hydrogens (tertiary/aromatic N) is 1. The number of aromatic nitrogens is 2. The van der Waals surface area contributed by atoms with Crippen LogP contribution < -0.4 is 15.6 Å². The second-order valence-electron chi connectivity index (χ2n) is 6.04. The van der Waals surface area contributed by atoms with E-state index in [1.54, 1.807) is 31.4 Å². The van der Waals surface area contributed by atoms with E-state index in [4.69, 9.17) is 4.74 Å². The standard InChI is InChI=1S/C20H18FN3O4S/c1-28-15-8-2-12(3-9-15)10-16-18(26)23-20(24-19(16)27)29-11-17(25)22-14-6-4-13(21)5-7-14/h2-9H,10-11H2,1H3,(H,22,25)(H2,23,24,26,27). The van der Waals surface area contributed by atoms with Crippen LogP contribution in [0.5, 0.6) is 11.6 Å². The van der Waals surface area contributed by atoms with E-state index >= 15 is 0 Å². The zero-order valence-electron chi connectivity index (χ0n) is 15.4. The summed E-state index contributed by atoms with van der Waals surface area (Å²) in [6.07, 6.45) is 0.203. The summed E-state index contributed by atoms with van der Waals surface area (Å²) in [7, 11) is 1.56. The normalized spacial score (nSPS) is 10.6. The predicted octanol–water partition coefficient (Wildman–Crippen LogP) is 2.94. The fourth-order valence-electron chi connectivity index (χ4n) is 2.51. The van der Waals surface area contributed by atoms with Crippen LogP contribution in [0.2, 0.25) is 0 Å². The summed E-state index contributed by atoms with van der Waals surface area (Å²) in [6.45, 7) is 0. The van der Waals surface area contributed by atoms with Crippen molar-refractivity contribution in [2.45, 2.75) is 11.6 Å². The molecule has 0 aliphatic carbocycles. The van der Waals surface area contributed by atoms with Crippen LogP contribution in [-0.2, 0) is 11.2 Å². The highest BCUT2D eigenvalue weighted by Gasteiger charge is 2.13. The van der Waals surface area contributed by atoms with Gasteiger partial charge in [0.15, 0.2) is 5.16 Å². The van der Waals surface area contributed by atoms with Gasteiger partial charge in [-0.1, -0.05) is 23.9 Å². The Morgan fingerprint density at radius 2 is 1.90 bits per heavy atom. The van der Waals surface area contributed by atoms with Crippen molar-refractivity contribution in [3.8, 4) is 11.6 Å². The van der Waals surface area contributed by atoms with E-state index < -0.39 is 11.4 Å². The number of hydrogen-bond acceptors (Lipinski definition) is 6. The molecule has 29 heavy (non-hydrogen) atoms. The molecule has 0 saturated heterocycles. The molecule has 3 aromatic rings. The Hall–Kier alpha value is -3.33. The van der Waals surface area contributed by atoms with Crippen LogP contribution in [0.25, 0.3) is 0 Å². The number of benzene rings is 2. The molecule has 7 nitrogen and oxygen atoms in total. The molecule has 3 N–H and O–H groups in total. The van der Waals surface area contributed by atoms with Gasteiger partial charge < -0.3 is 20.1 Å². The van der Waals surface area contributed by atoms with Crippen LogP contribution in [0.1, 0.15) is 11.1 Å². The highest BCUT2D eigenvalue weighted by Crippen LogP contribution is 2.20. The van der Waals surface area contributed by atoms with Gasteiger partial charge in [-0.2, -0.15) is 4.98 Å². The van der Waals surface area contributed by atoms with Crippen molar-refractivity contribution in [2.75, 3.05) is 18.2 Å². The maximum Gasteiger partial charge on any atom is 0.258 e. The van der Waals surface area contributed by atoms with Crippen molar-refractivity contribution < 1.29 is 19.0 Å². The lowest BCUT2D eigenvalue weighted by molar-refractivity contribution is -0.113. The Labute approximate surface area is 170 Å². The van der Waals surface area contributed by atoms with Gasteiger partial charge in [-0.3, -0.25) is 9.59 Å². The first kappa shape index (κ1) is 20.4. The number of halogens is 1. The first-order valence-electron chi connectivity index (χ1n) is 8.58. The van der Waals surface area contributed by atoms with E-state index in [1.807, 2.05) is 0 Å². The first-order chi connectivity index (χ1) is 13.9. The second kappa shape index (κ2) is 9.24. The van der Waals surface area contributed by atoms with Crippen molar-refractivity contribution in [3.05, 3.63) is 75.8 Å². The lowest BCUT2D eigenvalue weighted by atomic mass is 10.1. The summed E-state index contributed by atoms with van der Waals surface area (Å²) in [5.74, 6) is -0.491. The molecule has 150 valence electrons. The van der Waals surface area contributed by atoms with Gasteiger partial charge in [-0.15, -0.1) is 0 Å². The van der Waals surface area contributed by atoms with Gasteiger partial charge in [0.1, 0.15) is 11.6 Å². The summed E-state index contributed by atoms with van der Waals surface area (Å²) in [5.41, 5.74) is 0.925. The Bertz CT molecular complexity index is 1050. The third kappa shape index (κ3) is 5.58. The number of aromatic hydroxyl groups is 1. The summed E-state index contributed by atoms with van der Waals surface area (Å²) in [6, 6.07) is 12.5. The number of ether oxygens (including phenoxy) is 1. The number of carbonyl (C=O) groups excluding carboxylic acids is 1. The highest BCUT2D eigenvalue weighted by atomic mass is 32.2. The fraction of sp³-hybridized carbons (Fsp3) is 0.150. The number of hydrogen-bond donors (Lipinski definition) is 3. The molecular weight excluding hydrogens is 397 g/mol. The van der Waals surface area contributed by atoms with Gasteiger partial charge in [0, 0.05) is 12.1 Å². The fourth-order valence-corrected chi connectivity index (χ4v) is 3.16. The maximum absolute atomic E-state index is 12.9. The summed E-state index contributed by atoms with van der Waals surface area (Å²) in [4.78, 5) is 30.8. The van der Waals surface area contributed by atoms with E-state index in [2.05, 4.69) is 15.3 Å². The average molecular weight is 415 g/mol. The van der Waals surface area contributed by atoms with Crippen molar-refractivity contribution in [2.24, 2.45) is 0 Å². The van der Waals surface area contributed by atoms with Gasteiger partial charge in [0.25, 0.3) is 5.56 Å². The minimum atomic E-state index is -0.477. The van der Waals surface area contributed by atoms with Crippen molar-refractivity contribution in [1.29, 1.82) is 0 Å². The first-order valence-corrected chi connectivity index (χ1v) is 9.56. The smallest absolute Gasteiger partial charge is 0.258 e. The third-order valence-electron chi connectivity index (χ3n) is 3.98. The third-order valence-corrected chi connectivity index (χ3v) is 4.85. The number of aromatic amines is 1. The van der Waals surface area contributed by atoms with Crippen LogP contribution in [0.4, 0.5) is 10.1 Å². The van der Waals surface area contributed by atoms with E-state index in [-0.39, 0.29) is 34.7 Å². The SMILES string of the molecule is COc1ccc(Cc2c(O)nc(SCC(=O)Nc3ccc(F)cc3)[nH]c2=O)cc1. The molecule has 1 amide bonds. The molecule has 0 aliphatic rings. The number of anilines is 1. The van der Waals surface area contributed by atoms with Crippen molar-refractivity contribution >= 4 is 23.4 Å². The molecule has 2 aromatic carbocycles. The molecule has 9 heteroatoms. The van der Waals surface area contributed by atoms with Crippen LogP contribution in [0.15, 0.2) is 58.5 Å².